The first-order valence-corrected chi connectivity index (χ1v) is 6.57. The van der Waals surface area contributed by atoms with Crippen LogP contribution in [0.25, 0.3) is 0 Å². The Morgan fingerprint density at radius 1 is 1.00 bits per heavy atom. The van der Waals surface area contributed by atoms with Gasteiger partial charge in [-0.2, -0.15) is 0 Å². The topological polar surface area (TPSA) is 9.23 Å². The molecule has 1 nitrogen and oxygen atoms in total. The fourth-order valence-corrected chi connectivity index (χ4v) is 2.18. The van der Waals surface area contributed by atoms with Gasteiger partial charge in [0.1, 0.15) is 0 Å². The lowest BCUT2D eigenvalue weighted by Gasteiger charge is -1.99. The predicted octanol–water partition coefficient (Wildman–Crippen LogP) is 2.50. The van der Waals surface area contributed by atoms with Crippen LogP contribution in [-0.2, 0) is 4.43 Å². The molecule has 0 unspecified atom stereocenters. The molecule has 0 aliphatic heterocycles. The van der Waals surface area contributed by atoms with Gasteiger partial charge in [-0.05, 0) is 13.0 Å². The van der Waals surface area contributed by atoms with Crippen LogP contribution in [0.1, 0.15) is 46.0 Å². The molecule has 0 radical (unpaired) electrons. The first-order valence-electron chi connectivity index (χ1n) is 4.99. The quantitative estimate of drug-likeness (QED) is 0.406. The van der Waals surface area contributed by atoms with Gasteiger partial charge in [0.2, 0.25) is 0 Å². The van der Waals surface area contributed by atoms with Gasteiger partial charge in [0.25, 0.3) is 0 Å². The summed E-state index contributed by atoms with van der Waals surface area (Å²) >= 11 is 0. The van der Waals surface area contributed by atoms with Gasteiger partial charge in [0.15, 0.2) is 9.76 Å². The van der Waals surface area contributed by atoms with Crippen molar-refractivity contribution in [3.63, 3.8) is 0 Å². The zero-order valence-electron chi connectivity index (χ0n) is 8.07. The summed E-state index contributed by atoms with van der Waals surface area (Å²) in [5.41, 5.74) is 0. The summed E-state index contributed by atoms with van der Waals surface area (Å²) in [7, 11) is -0.123. The van der Waals surface area contributed by atoms with E-state index in [1.165, 1.54) is 38.1 Å². The number of hydrogen-bond donors (Lipinski definition) is 0. The molecule has 0 heterocycles. The number of rotatable bonds is 8. The summed E-state index contributed by atoms with van der Waals surface area (Å²) < 4.78 is 5.38. The maximum Gasteiger partial charge on any atom is 0.161 e. The van der Waals surface area contributed by atoms with E-state index in [-0.39, 0.29) is 9.76 Å². The first-order chi connectivity index (χ1) is 5.41. The largest absolute Gasteiger partial charge is 0.424 e. The van der Waals surface area contributed by atoms with E-state index in [1.807, 2.05) is 0 Å². The molecule has 2 heteroatoms. The molecule has 0 aliphatic rings. The normalized spacial score (nSPS) is 11.5. The van der Waals surface area contributed by atoms with Crippen LogP contribution in [-0.4, -0.2) is 16.4 Å². The summed E-state index contributed by atoms with van der Waals surface area (Å²) in [5, 5.41) is 0. The van der Waals surface area contributed by atoms with Crippen molar-refractivity contribution in [1.82, 2.24) is 0 Å². The highest BCUT2D eigenvalue weighted by Crippen LogP contribution is 2.04. The fourth-order valence-electron chi connectivity index (χ4n) is 1.13. The van der Waals surface area contributed by atoms with Crippen LogP contribution in [0.5, 0.6) is 0 Å². The summed E-state index contributed by atoms with van der Waals surface area (Å²) in [6.07, 6.45) is 7.02. The highest BCUT2D eigenvalue weighted by molar-refractivity contribution is 6.26. The Bertz CT molecular complexity index is 58.6. The number of unbranched alkanes of at least 4 members (excludes halogenated alkanes) is 4. The van der Waals surface area contributed by atoms with Crippen molar-refractivity contribution in [2.45, 2.75) is 52.0 Å². The average Bonchev–Trinajstić information content (AvgIpc) is 2.03. The summed E-state index contributed by atoms with van der Waals surface area (Å²) in [6, 6.07) is 1.39. The third kappa shape index (κ3) is 10.2. The summed E-state index contributed by atoms with van der Waals surface area (Å²) in [4.78, 5) is 0. The molecule has 0 atom stereocenters. The van der Waals surface area contributed by atoms with Gasteiger partial charge < -0.3 is 4.43 Å². The smallest absolute Gasteiger partial charge is 0.161 e. The zero-order chi connectivity index (χ0) is 8.36. The highest BCUT2D eigenvalue weighted by atomic mass is 28.2. The Morgan fingerprint density at radius 3 is 2.36 bits per heavy atom. The van der Waals surface area contributed by atoms with Gasteiger partial charge in [-0.1, -0.05) is 39.0 Å². The molecule has 68 valence electrons. The molecule has 0 saturated carbocycles. The average molecular weight is 174 g/mol. The third-order valence-electron chi connectivity index (χ3n) is 1.85. The minimum atomic E-state index is -0.123. The minimum Gasteiger partial charge on any atom is -0.424 e. The Kier molecular flexibility index (Phi) is 10.3. The molecule has 11 heavy (non-hydrogen) atoms. The van der Waals surface area contributed by atoms with Crippen molar-refractivity contribution in [3.8, 4) is 0 Å². The molecule has 0 aromatic carbocycles. The Hall–Kier alpha value is 0.177. The van der Waals surface area contributed by atoms with Crippen LogP contribution >= 0.6 is 0 Å². The lowest BCUT2D eigenvalue weighted by molar-refractivity contribution is 0.358. The monoisotopic (exact) mass is 174 g/mol. The van der Waals surface area contributed by atoms with E-state index in [4.69, 9.17) is 4.43 Å². The van der Waals surface area contributed by atoms with E-state index in [1.54, 1.807) is 0 Å². The van der Waals surface area contributed by atoms with E-state index >= 15 is 0 Å². The van der Waals surface area contributed by atoms with Crippen molar-refractivity contribution in [3.05, 3.63) is 0 Å². The minimum absolute atomic E-state index is 0.123. The second kappa shape index (κ2) is 10.2. The molecule has 0 saturated heterocycles. The third-order valence-corrected chi connectivity index (χ3v) is 3.33. The van der Waals surface area contributed by atoms with Crippen LogP contribution in [0, 0.1) is 0 Å². The van der Waals surface area contributed by atoms with Crippen molar-refractivity contribution in [2.24, 2.45) is 0 Å². The van der Waals surface area contributed by atoms with Crippen LogP contribution in [0.15, 0.2) is 0 Å². The SMILES string of the molecule is CCCCCCC[SiH2]OCC. The molecule has 0 spiro atoms. The molecular formula is C9H22OSi. The van der Waals surface area contributed by atoms with Crippen molar-refractivity contribution in [1.29, 1.82) is 0 Å². The maximum absolute atomic E-state index is 5.38. The molecule has 0 aromatic rings. The fraction of sp³-hybridized carbons (Fsp3) is 1.00. The second-order valence-corrected chi connectivity index (χ2v) is 4.49. The Morgan fingerprint density at radius 2 is 1.73 bits per heavy atom. The predicted molar refractivity (Wildman–Crippen MR) is 53.7 cm³/mol. The van der Waals surface area contributed by atoms with E-state index in [0.29, 0.717) is 0 Å². The number of hydrogen-bond acceptors (Lipinski definition) is 1. The van der Waals surface area contributed by atoms with Gasteiger partial charge in [0.05, 0.1) is 0 Å². The maximum atomic E-state index is 5.38. The standard InChI is InChI=1S/C9H22OSi/c1-3-5-6-7-8-9-11-10-4-2/h3-9,11H2,1-2H3. The van der Waals surface area contributed by atoms with Crippen molar-refractivity contribution < 1.29 is 4.43 Å². The Balaban J connectivity index is 2.69. The van der Waals surface area contributed by atoms with Crippen molar-refractivity contribution >= 4 is 9.76 Å². The molecule has 0 aliphatic carbocycles. The van der Waals surface area contributed by atoms with Crippen LogP contribution in [0.3, 0.4) is 0 Å². The molecule has 0 rings (SSSR count). The highest BCUT2D eigenvalue weighted by Gasteiger charge is 1.89. The van der Waals surface area contributed by atoms with Gasteiger partial charge in [-0.3, -0.25) is 0 Å². The molecule has 0 amide bonds. The van der Waals surface area contributed by atoms with Crippen LogP contribution in [0.4, 0.5) is 0 Å². The molecular weight excluding hydrogens is 152 g/mol. The zero-order valence-corrected chi connectivity index (χ0v) is 9.48. The Labute approximate surface area is 73.5 Å². The van der Waals surface area contributed by atoms with Gasteiger partial charge in [-0.15, -0.1) is 0 Å². The van der Waals surface area contributed by atoms with E-state index < -0.39 is 0 Å². The molecule has 0 bridgehead atoms. The molecule has 0 N–H and O–H groups in total. The van der Waals surface area contributed by atoms with E-state index in [2.05, 4.69) is 13.8 Å². The molecule has 0 fully saturated rings. The lowest BCUT2D eigenvalue weighted by Crippen LogP contribution is -1.96. The van der Waals surface area contributed by atoms with Crippen molar-refractivity contribution in [2.75, 3.05) is 6.61 Å². The van der Waals surface area contributed by atoms with Gasteiger partial charge in [-0.25, -0.2) is 0 Å². The lowest BCUT2D eigenvalue weighted by atomic mass is 10.2. The van der Waals surface area contributed by atoms with E-state index in [0.717, 1.165) is 6.61 Å². The van der Waals surface area contributed by atoms with Crippen LogP contribution in [0.2, 0.25) is 6.04 Å². The van der Waals surface area contributed by atoms with Crippen LogP contribution < -0.4 is 0 Å². The first kappa shape index (κ1) is 11.2. The summed E-state index contributed by atoms with van der Waals surface area (Å²) in [5.74, 6) is 0. The molecule has 0 aromatic heterocycles. The van der Waals surface area contributed by atoms with Gasteiger partial charge >= 0.3 is 0 Å². The van der Waals surface area contributed by atoms with Gasteiger partial charge in [0, 0.05) is 6.61 Å². The summed E-state index contributed by atoms with van der Waals surface area (Å²) in [6.45, 7) is 5.28. The second-order valence-electron chi connectivity index (χ2n) is 2.96. The van der Waals surface area contributed by atoms with E-state index in [9.17, 15) is 0 Å².